The summed E-state index contributed by atoms with van der Waals surface area (Å²) in [5, 5.41) is 9.24. The molecule has 15 heavy (non-hydrogen) atoms. The minimum atomic E-state index is -2.94. The molecule has 0 aromatic rings. The molecule has 90 valence electrons. The van der Waals surface area contributed by atoms with E-state index in [0.29, 0.717) is 0 Å². The molecule has 0 bridgehead atoms. The Bertz CT molecular complexity index is 243. The summed E-state index contributed by atoms with van der Waals surface area (Å²) < 4.78 is 38.7. The van der Waals surface area contributed by atoms with Crippen molar-refractivity contribution in [3.8, 4) is 0 Å². The molecule has 0 aromatic heterocycles. The lowest BCUT2D eigenvalue weighted by molar-refractivity contribution is -0.178. The minimum absolute atomic E-state index is 0.535. The summed E-state index contributed by atoms with van der Waals surface area (Å²) in [4.78, 5) is 0. The molecular weight excluding hydrogens is 224 g/mol. The van der Waals surface area contributed by atoms with Gasteiger partial charge in [-0.2, -0.15) is 0 Å². The molecule has 1 N–H and O–H groups in total. The average Bonchev–Trinajstić information content (AvgIpc) is 1.95. The average molecular weight is 241 g/mol. The van der Waals surface area contributed by atoms with E-state index in [1.54, 1.807) is 20.8 Å². The van der Waals surface area contributed by atoms with Gasteiger partial charge in [0.05, 0.1) is 6.10 Å². The quantitative estimate of drug-likeness (QED) is 0.738. The zero-order valence-corrected chi connectivity index (χ0v) is 10.1. The highest BCUT2D eigenvalue weighted by atomic mass is 32.2. The van der Waals surface area contributed by atoms with E-state index >= 15 is 0 Å². The van der Waals surface area contributed by atoms with Gasteiger partial charge in [-0.1, -0.05) is 0 Å². The minimum Gasteiger partial charge on any atom is -0.597 e. The first-order chi connectivity index (χ1) is 6.57. The first-order valence-electron chi connectivity index (χ1n) is 4.82. The number of aliphatic hydroxyl groups excluding tert-OH is 1. The number of hydrogen-bond donors (Lipinski definition) is 1. The van der Waals surface area contributed by atoms with Gasteiger partial charge in [-0.25, -0.2) is 8.78 Å². The van der Waals surface area contributed by atoms with Crippen LogP contribution in [-0.2, 0) is 11.4 Å². The van der Waals surface area contributed by atoms with Crippen molar-refractivity contribution in [2.75, 3.05) is 6.54 Å². The van der Waals surface area contributed by atoms with Crippen molar-refractivity contribution >= 4 is 11.4 Å². The van der Waals surface area contributed by atoms with E-state index in [0.717, 1.165) is 0 Å². The molecule has 1 rings (SSSR count). The van der Waals surface area contributed by atoms with E-state index < -0.39 is 40.7 Å². The van der Waals surface area contributed by atoms with Gasteiger partial charge in [-0.3, -0.25) is 0 Å². The van der Waals surface area contributed by atoms with Crippen LogP contribution >= 0.6 is 0 Å². The topological polar surface area (TPSA) is 46.5 Å². The molecule has 1 aliphatic heterocycles. The molecule has 0 aromatic carbocycles. The van der Waals surface area contributed by atoms with Gasteiger partial charge < -0.3 is 9.66 Å². The maximum absolute atomic E-state index is 13.1. The molecule has 0 saturated carbocycles. The van der Waals surface area contributed by atoms with Crippen molar-refractivity contribution in [1.82, 2.24) is 4.31 Å². The van der Waals surface area contributed by atoms with Gasteiger partial charge in [0.1, 0.15) is 17.3 Å². The second kappa shape index (κ2) is 3.84. The van der Waals surface area contributed by atoms with E-state index in [1.165, 1.54) is 11.2 Å². The van der Waals surface area contributed by atoms with Gasteiger partial charge in [0.15, 0.2) is 0 Å². The summed E-state index contributed by atoms with van der Waals surface area (Å²) in [6.07, 6.45) is -1.18. The number of rotatable bonds is 2. The van der Waals surface area contributed by atoms with Gasteiger partial charge in [0, 0.05) is 11.4 Å². The van der Waals surface area contributed by atoms with Crippen molar-refractivity contribution < 1.29 is 18.4 Å². The van der Waals surface area contributed by atoms with E-state index in [1.807, 2.05) is 0 Å². The Hall–Kier alpha value is 0.0900. The Morgan fingerprint density at radius 2 is 2.00 bits per heavy atom. The highest BCUT2D eigenvalue weighted by Crippen LogP contribution is 2.41. The van der Waals surface area contributed by atoms with Gasteiger partial charge in [-0.05, 0) is 27.7 Å². The van der Waals surface area contributed by atoms with Crippen LogP contribution < -0.4 is 0 Å². The molecule has 1 heterocycles. The lowest BCUT2D eigenvalue weighted by Gasteiger charge is -2.49. The highest BCUT2D eigenvalue weighted by molar-refractivity contribution is 7.90. The third-order valence-electron chi connectivity index (χ3n) is 2.30. The summed E-state index contributed by atoms with van der Waals surface area (Å²) in [6.45, 7) is 5.92. The molecule has 0 amide bonds. The van der Waals surface area contributed by atoms with E-state index in [9.17, 15) is 18.4 Å². The normalized spacial score (nSPS) is 30.8. The molecule has 1 saturated heterocycles. The Kier molecular flexibility index (Phi) is 3.36. The molecule has 1 fully saturated rings. The molecule has 2 unspecified atom stereocenters. The fourth-order valence-electron chi connectivity index (χ4n) is 1.60. The number of alkyl halides is 2. The second-order valence-electron chi connectivity index (χ2n) is 4.88. The predicted molar refractivity (Wildman–Crippen MR) is 55.0 cm³/mol. The summed E-state index contributed by atoms with van der Waals surface area (Å²) in [5.41, 5.74) is 0. The van der Waals surface area contributed by atoms with Crippen LogP contribution in [0.3, 0.4) is 0 Å². The predicted octanol–water partition coefficient (Wildman–Crippen LogP) is 1.15. The van der Waals surface area contributed by atoms with E-state index in [2.05, 4.69) is 0 Å². The smallest absolute Gasteiger partial charge is 0.287 e. The Balaban J connectivity index is 2.75. The summed E-state index contributed by atoms with van der Waals surface area (Å²) in [6, 6.07) is -1.32. The van der Waals surface area contributed by atoms with Crippen LogP contribution in [0.4, 0.5) is 8.78 Å². The van der Waals surface area contributed by atoms with Crippen LogP contribution in [0.2, 0.25) is 0 Å². The SMILES string of the molecule is CC(O)[C@H]1N([S+]([O-])C(C)(C)C)CC1(F)F. The fraction of sp³-hybridized carbons (Fsp3) is 1.00. The molecule has 3 atom stereocenters. The van der Waals surface area contributed by atoms with Crippen LogP contribution in [0.5, 0.6) is 0 Å². The van der Waals surface area contributed by atoms with Gasteiger partial charge >= 0.3 is 0 Å². The van der Waals surface area contributed by atoms with Gasteiger partial charge in [0.2, 0.25) is 0 Å². The van der Waals surface area contributed by atoms with Crippen molar-refractivity contribution in [2.24, 2.45) is 0 Å². The van der Waals surface area contributed by atoms with E-state index in [4.69, 9.17) is 0 Å². The first kappa shape index (κ1) is 13.2. The van der Waals surface area contributed by atoms with Crippen LogP contribution in [0.1, 0.15) is 27.7 Å². The summed E-state index contributed by atoms with van der Waals surface area (Å²) in [7, 11) is 0. The maximum atomic E-state index is 13.1. The molecular formula is C9H17F2NO2S. The van der Waals surface area contributed by atoms with Crippen LogP contribution in [-0.4, -0.2) is 43.3 Å². The number of hydrogen-bond acceptors (Lipinski definition) is 3. The zero-order chi connectivity index (χ0) is 12.0. The molecule has 1 aliphatic rings. The number of nitrogens with zero attached hydrogens (tertiary/aromatic N) is 1. The summed E-state index contributed by atoms with van der Waals surface area (Å²) >= 11 is -1.50. The van der Waals surface area contributed by atoms with Gasteiger partial charge in [-0.15, -0.1) is 4.31 Å². The fourth-order valence-corrected chi connectivity index (χ4v) is 3.13. The molecule has 0 spiro atoms. The summed E-state index contributed by atoms with van der Waals surface area (Å²) in [5.74, 6) is -2.94. The maximum Gasteiger partial charge on any atom is 0.287 e. The first-order valence-corrected chi connectivity index (χ1v) is 5.92. The lowest BCUT2D eigenvalue weighted by Crippen LogP contribution is -2.72. The van der Waals surface area contributed by atoms with Gasteiger partial charge in [0.25, 0.3) is 5.92 Å². The molecule has 0 radical (unpaired) electrons. The van der Waals surface area contributed by atoms with Crippen molar-refractivity contribution in [3.05, 3.63) is 0 Å². The Morgan fingerprint density at radius 1 is 1.53 bits per heavy atom. The van der Waals surface area contributed by atoms with Crippen LogP contribution in [0.25, 0.3) is 0 Å². The van der Waals surface area contributed by atoms with Crippen molar-refractivity contribution in [1.29, 1.82) is 0 Å². The van der Waals surface area contributed by atoms with Crippen molar-refractivity contribution in [2.45, 2.75) is 50.5 Å². The zero-order valence-electron chi connectivity index (χ0n) is 9.33. The molecule has 0 aliphatic carbocycles. The standard InChI is InChI=1S/C9H17F2NO2S/c1-6(13)7-9(10,11)5-12(7)15(14)8(2,3)4/h6-7,13H,5H2,1-4H3/t6?,7-,15?/m1/s1. The molecule has 6 heteroatoms. The van der Waals surface area contributed by atoms with Crippen LogP contribution in [0, 0.1) is 0 Å². The van der Waals surface area contributed by atoms with Crippen LogP contribution in [0.15, 0.2) is 0 Å². The van der Waals surface area contributed by atoms with E-state index in [-0.39, 0.29) is 0 Å². The second-order valence-corrected chi connectivity index (χ2v) is 7.08. The molecule has 3 nitrogen and oxygen atoms in total. The lowest BCUT2D eigenvalue weighted by atomic mass is 9.97. The Labute approximate surface area is 91.8 Å². The highest BCUT2D eigenvalue weighted by Gasteiger charge is 2.63. The third kappa shape index (κ3) is 2.43. The van der Waals surface area contributed by atoms with Crippen molar-refractivity contribution in [3.63, 3.8) is 0 Å². The number of aliphatic hydroxyl groups is 1. The largest absolute Gasteiger partial charge is 0.597 e. The monoisotopic (exact) mass is 241 g/mol. The number of halogens is 2. The Morgan fingerprint density at radius 3 is 2.27 bits per heavy atom. The third-order valence-corrected chi connectivity index (χ3v) is 4.13.